The van der Waals surface area contributed by atoms with Crippen LogP contribution in [-0.2, 0) is 9.59 Å². The summed E-state index contributed by atoms with van der Waals surface area (Å²) in [7, 11) is 0. The number of amides is 2. The fraction of sp³-hybridized carbons (Fsp3) is 0.667. The van der Waals surface area contributed by atoms with Crippen molar-refractivity contribution in [2.75, 3.05) is 18.8 Å². The van der Waals surface area contributed by atoms with Crippen LogP contribution in [-0.4, -0.2) is 41.6 Å². The van der Waals surface area contributed by atoms with Crippen molar-refractivity contribution in [1.29, 1.82) is 0 Å². The number of hydrogen-bond donors (Lipinski definition) is 2. The highest BCUT2D eigenvalue weighted by Crippen LogP contribution is 2.29. The zero-order valence-electron chi connectivity index (χ0n) is 9.98. The first-order valence-corrected chi connectivity index (χ1v) is 6.32. The highest BCUT2D eigenvalue weighted by molar-refractivity contribution is 7.80. The molecule has 0 bridgehead atoms. The van der Waals surface area contributed by atoms with Gasteiger partial charge in [-0.25, -0.2) is 0 Å². The van der Waals surface area contributed by atoms with E-state index in [0.29, 0.717) is 19.0 Å². The molecular weight excluding hydrogens is 236 g/mol. The zero-order chi connectivity index (χ0) is 12.8. The Bertz CT molecular complexity index is 334. The van der Waals surface area contributed by atoms with Gasteiger partial charge in [0.05, 0.1) is 6.54 Å². The summed E-state index contributed by atoms with van der Waals surface area (Å²) in [4.78, 5) is 24.7. The Morgan fingerprint density at radius 1 is 1.59 bits per heavy atom. The van der Waals surface area contributed by atoms with Crippen LogP contribution in [0.1, 0.15) is 19.8 Å². The van der Waals surface area contributed by atoms with Gasteiger partial charge in [0.25, 0.3) is 0 Å². The fourth-order valence-corrected chi connectivity index (χ4v) is 1.85. The van der Waals surface area contributed by atoms with Crippen LogP contribution in [0.25, 0.3) is 0 Å². The highest BCUT2D eigenvalue weighted by Gasteiger charge is 2.29. The molecule has 1 saturated carbocycles. The van der Waals surface area contributed by atoms with Crippen LogP contribution in [0.15, 0.2) is 0 Å². The van der Waals surface area contributed by atoms with Crippen molar-refractivity contribution in [3.63, 3.8) is 0 Å². The zero-order valence-corrected chi connectivity index (χ0v) is 10.9. The van der Waals surface area contributed by atoms with Gasteiger partial charge in [0, 0.05) is 19.2 Å². The molecule has 1 N–H and O–H groups in total. The normalized spacial score (nSPS) is 15.8. The molecule has 0 radical (unpaired) electrons. The maximum absolute atomic E-state index is 12.1. The van der Waals surface area contributed by atoms with E-state index in [-0.39, 0.29) is 17.6 Å². The maximum Gasteiger partial charge on any atom is 0.246 e. The molecule has 0 heterocycles. The number of hydrogen-bond acceptors (Lipinski definition) is 3. The van der Waals surface area contributed by atoms with E-state index < -0.39 is 6.04 Å². The molecule has 17 heavy (non-hydrogen) atoms. The van der Waals surface area contributed by atoms with Crippen LogP contribution < -0.4 is 5.32 Å². The Hall–Kier alpha value is -1.15. The molecule has 1 aliphatic rings. The number of rotatable bonds is 6. The highest BCUT2D eigenvalue weighted by atomic mass is 32.1. The lowest BCUT2D eigenvalue weighted by atomic mass is 10.2. The summed E-state index contributed by atoms with van der Waals surface area (Å²) in [6.07, 6.45) is 7.56. The Labute approximate surface area is 108 Å². The number of terminal acetylenes is 1. The van der Waals surface area contributed by atoms with Crippen LogP contribution in [0.3, 0.4) is 0 Å². The number of thiol groups is 1. The largest absolute Gasteiger partial charge is 0.344 e. The van der Waals surface area contributed by atoms with Gasteiger partial charge in [-0.3, -0.25) is 9.59 Å². The Balaban J connectivity index is 2.59. The monoisotopic (exact) mass is 254 g/mol. The lowest BCUT2D eigenvalue weighted by Crippen LogP contribution is -2.49. The van der Waals surface area contributed by atoms with Gasteiger partial charge in [0.2, 0.25) is 11.8 Å². The summed E-state index contributed by atoms with van der Waals surface area (Å²) >= 11 is 4.08. The average molecular weight is 254 g/mol. The molecule has 0 aromatic rings. The van der Waals surface area contributed by atoms with Crippen LogP contribution >= 0.6 is 12.6 Å². The summed E-state index contributed by atoms with van der Waals surface area (Å²) in [5.74, 6) is 2.97. The molecule has 2 amide bonds. The average Bonchev–Trinajstić information content (AvgIpc) is 3.08. The van der Waals surface area contributed by atoms with E-state index in [2.05, 4.69) is 23.9 Å². The van der Waals surface area contributed by atoms with Gasteiger partial charge in [0.1, 0.15) is 6.04 Å². The molecule has 94 valence electrons. The SMILES string of the molecule is C#CCN(CC1CC1)C(=O)C(CS)NC(C)=O. The quantitative estimate of drug-likeness (QED) is 0.529. The molecule has 1 atom stereocenters. The first-order valence-electron chi connectivity index (χ1n) is 5.68. The third kappa shape index (κ3) is 4.70. The second-order valence-electron chi connectivity index (χ2n) is 4.30. The predicted octanol–water partition coefficient (Wildman–Crippen LogP) is 0.293. The molecule has 0 aromatic heterocycles. The van der Waals surface area contributed by atoms with E-state index in [1.54, 1.807) is 4.90 Å². The van der Waals surface area contributed by atoms with E-state index in [9.17, 15) is 9.59 Å². The van der Waals surface area contributed by atoms with E-state index in [1.165, 1.54) is 6.92 Å². The second-order valence-corrected chi connectivity index (χ2v) is 4.67. The maximum atomic E-state index is 12.1. The van der Waals surface area contributed by atoms with Crippen molar-refractivity contribution < 1.29 is 9.59 Å². The summed E-state index contributed by atoms with van der Waals surface area (Å²) in [6.45, 7) is 2.36. The molecule has 1 aliphatic carbocycles. The standard InChI is InChI=1S/C12H18N2O2S/c1-3-6-14(7-10-4-5-10)12(16)11(8-17)13-9(2)15/h1,10-11,17H,4-8H2,2H3,(H,13,15). The van der Waals surface area contributed by atoms with E-state index in [0.717, 1.165) is 12.8 Å². The molecule has 0 saturated heterocycles. The van der Waals surface area contributed by atoms with Crippen LogP contribution in [0, 0.1) is 18.3 Å². The first kappa shape index (κ1) is 13.9. The van der Waals surface area contributed by atoms with Gasteiger partial charge < -0.3 is 10.2 Å². The van der Waals surface area contributed by atoms with Gasteiger partial charge in [-0.05, 0) is 18.8 Å². The molecule has 5 heteroatoms. The number of nitrogens with zero attached hydrogens (tertiary/aromatic N) is 1. The third-order valence-electron chi connectivity index (χ3n) is 2.63. The van der Waals surface area contributed by atoms with Crippen LogP contribution in [0.2, 0.25) is 0 Å². The van der Waals surface area contributed by atoms with Gasteiger partial charge >= 0.3 is 0 Å². The van der Waals surface area contributed by atoms with Crippen molar-refractivity contribution in [3.05, 3.63) is 0 Å². The summed E-state index contributed by atoms with van der Waals surface area (Å²) in [5, 5.41) is 2.59. The smallest absolute Gasteiger partial charge is 0.246 e. The Morgan fingerprint density at radius 3 is 2.65 bits per heavy atom. The molecule has 0 aliphatic heterocycles. The number of nitrogens with one attached hydrogen (secondary N) is 1. The van der Waals surface area contributed by atoms with Crippen molar-refractivity contribution in [1.82, 2.24) is 10.2 Å². The van der Waals surface area contributed by atoms with Gasteiger partial charge in [-0.2, -0.15) is 12.6 Å². The fourth-order valence-electron chi connectivity index (χ4n) is 1.61. The van der Waals surface area contributed by atoms with Gasteiger partial charge in [-0.15, -0.1) is 6.42 Å². The van der Waals surface area contributed by atoms with Gasteiger partial charge in [-0.1, -0.05) is 5.92 Å². The lowest BCUT2D eigenvalue weighted by molar-refractivity contribution is -0.135. The molecule has 0 spiro atoms. The van der Waals surface area contributed by atoms with E-state index >= 15 is 0 Å². The second kappa shape index (κ2) is 6.55. The minimum Gasteiger partial charge on any atom is -0.344 e. The minimum absolute atomic E-state index is 0.139. The Kier molecular flexibility index (Phi) is 5.36. The molecule has 1 fully saturated rings. The van der Waals surface area contributed by atoms with Crippen molar-refractivity contribution in [3.8, 4) is 12.3 Å². The van der Waals surface area contributed by atoms with Crippen LogP contribution in [0.5, 0.6) is 0 Å². The minimum atomic E-state index is -0.581. The summed E-state index contributed by atoms with van der Waals surface area (Å²) in [6, 6.07) is -0.581. The van der Waals surface area contributed by atoms with E-state index in [4.69, 9.17) is 6.42 Å². The predicted molar refractivity (Wildman–Crippen MR) is 69.6 cm³/mol. The molecule has 1 rings (SSSR count). The van der Waals surface area contributed by atoms with E-state index in [1.807, 2.05) is 0 Å². The molecule has 4 nitrogen and oxygen atoms in total. The molecule has 0 aromatic carbocycles. The lowest BCUT2D eigenvalue weighted by Gasteiger charge is -2.25. The molecule has 1 unspecified atom stereocenters. The molecular formula is C12H18N2O2S. The third-order valence-corrected chi connectivity index (χ3v) is 2.99. The van der Waals surface area contributed by atoms with Crippen LogP contribution in [0.4, 0.5) is 0 Å². The summed E-state index contributed by atoms with van der Waals surface area (Å²) < 4.78 is 0. The first-order chi connectivity index (χ1) is 8.08. The summed E-state index contributed by atoms with van der Waals surface area (Å²) in [5.41, 5.74) is 0. The topological polar surface area (TPSA) is 49.4 Å². The van der Waals surface area contributed by atoms with Crippen molar-refractivity contribution in [2.24, 2.45) is 5.92 Å². The number of carbonyl (C=O) groups is 2. The van der Waals surface area contributed by atoms with Gasteiger partial charge in [0.15, 0.2) is 0 Å². The number of carbonyl (C=O) groups excluding carboxylic acids is 2. The van der Waals surface area contributed by atoms with Crippen molar-refractivity contribution in [2.45, 2.75) is 25.8 Å². The van der Waals surface area contributed by atoms with Crippen molar-refractivity contribution >= 4 is 24.4 Å². The Morgan fingerprint density at radius 2 is 2.24 bits per heavy atom.